The monoisotopic (exact) mass is 220 g/mol. The van der Waals surface area contributed by atoms with Gasteiger partial charge in [0.15, 0.2) is 0 Å². The van der Waals surface area contributed by atoms with Gasteiger partial charge < -0.3 is 5.32 Å². The molecule has 0 bridgehead atoms. The SMILES string of the molecule is CSC1NC=C(Cc2ccccc2)CN1. The summed E-state index contributed by atoms with van der Waals surface area (Å²) in [4.78, 5) is 0. The largest absolute Gasteiger partial charge is 0.367 e. The Morgan fingerprint density at radius 3 is 2.73 bits per heavy atom. The molecule has 3 heteroatoms. The van der Waals surface area contributed by atoms with E-state index in [9.17, 15) is 0 Å². The van der Waals surface area contributed by atoms with Gasteiger partial charge in [0, 0.05) is 6.54 Å². The molecule has 1 aliphatic heterocycles. The minimum absolute atomic E-state index is 0.365. The van der Waals surface area contributed by atoms with Crippen LogP contribution >= 0.6 is 11.8 Å². The van der Waals surface area contributed by atoms with Crippen molar-refractivity contribution in [1.82, 2.24) is 10.6 Å². The Morgan fingerprint density at radius 1 is 1.33 bits per heavy atom. The predicted octanol–water partition coefficient (Wildman–Crippen LogP) is 1.95. The molecule has 15 heavy (non-hydrogen) atoms. The molecule has 2 rings (SSSR count). The fourth-order valence-electron chi connectivity index (χ4n) is 1.65. The highest BCUT2D eigenvalue weighted by Gasteiger charge is 2.10. The Hall–Kier alpha value is -0.930. The second-order valence-electron chi connectivity index (χ2n) is 3.63. The lowest BCUT2D eigenvalue weighted by molar-refractivity contribution is 0.596. The summed E-state index contributed by atoms with van der Waals surface area (Å²) < 4.78 is 0. The van der Waals surface area contributed by atoms with E-state index in [1.807, 2.05) is 0 Å². The van der Waals surface area contributed by atoms with Gasteiger partial charge in [-0.25, -0.2) is 0 Å². The number of rotatable bonds is 3. The van der Waals surface area contributed by atoms with Crippen LogP contribution in [0.1, 0.15) is 5.56 Å². The average molecular weight is 220 g/mol. The lowest BCUT2D eigenvalue weighted by Gasteiger charge is -2.23. The highest BCUT2D eigenvalue weighted by atomic mass is 32.2. The van der Waals surface area contributed by atoms with Crippen molar-refractivity contribution in [3.05, 3.63) is 47.7 Å². The highest BCUT2D eigenvalue weighted by Crippen LogP contribution is 2.11. The van der Waals surface area contributed by atoms with Gasteiger partial charge in [0.2, 0.25) is 0 Å². The maximum atomic E-state index is 3.42. The third-order valence-corrected chi connectivity index (χ3v) is 3.24. The van der Waals surface area contributed by atoms with Crippen LogP contribution in [0.25, 0.3) is 0 Å². The minimum atomic E-state index is 0.365. The molecule has 0 saturated carbocycles. The molecule has 1 aliphatic rings. The van der Waals surface area contributed by atoms with Crippen molar-refractivity contribution in [3.8, 4) is 0 Å². The molecule has 0 radical (unpaired) electrons. The van der Waals surface area contributed by atoms with Crippen molar-refractivity contribution >= 4 is 11.8 Å². The fourth-order valence-corrected chi connectivity index (χ4v) is 2.10. The van der Waals surface area contributed by atoms with E-state index in [1.54, 1.807) is 11.8 Å². The lowest BCUT2D eigenvalue weighted by Crippen LogP contribution is -2.42. The second kappa shape index (κ2) is 5.24. The number of hydrogen-bond acceptors (Lipinski definition) is 3. The first-order chi connectivity index (χ1) is 7.38. The van der Waals surface area contributed by atoms with E-state index in [2.05, 4.69) is 53.4 Å². The normalized spacial score (nSPS) is 20.6. The van der Waals surface area contributed by atoms with Gasteiger partial charge in [0.25, 0.3) is 0 Å². The van der Waals surface area contributed by atoms with Crippen molar-refractivity contribution in [2.45, 2.75) is 11.9 Å². The molecule has 0 fully saturated rings. The molecule has 1 unspecified atom stereocenters. The van der Waals surface area contributed by atoms with E-state index in [0.29, 0.717) is 5.50 Å². The molecular formula is C12H16N2S. The van der Waals surface area contributed by atoms with Crippen molar-refractivity contribution in [2.24, 2.45) is 0 Å². The Labute approximate surface area is 95.1 Å². The Kier molecular flexibility index (Phi) is 3.69. The molecule has 2 N–H and O–H groups in total. The Bertz CT molecular complexity index is 335. The summed E-state index contributed by atoms with van der Waals surface area (Å²) in [5.74, 6) is 0. The number of hydrogen-bond donors (Lipinski definition) is 2. The first-order valence-corrected chi connectivity index (χ1v) is 6.41. The molecule has 1 atom stereocenters. The number of thioether (sulfide) groups is 1. The molecule has 2 nitrogen and oxygen atoms in total. The van der Waals surface area contributed by atoms with Crippen molar-refractivity contribution < 1.29 is 0 Å². The van der Waals surface area contributed by atoms with Gasteiger partial charge in [-0.2, -0.15) is 0 Å². The summed E-state index contributed by atoms with van der Waals surface area (Å²) in [6, 6.07) is 10.6. The lowest BCUT2D eigenvalue weighted by atomic mass is 10.1. The van der Waals surface area contributed by atoms with E-state index in [4.69, 9.17) is 0 Å². The van der Waals surface area contributed by atoms with Crippen LogP contribution in [0.2, 0.25) is 0 Å². The van der Waals surface area contributed by atoms with E-state index < -0.39 is 0 Å². The molecule has 0 spiro atoms. The summed E-state index contributed by atoms with van der Waals surface area (Å²) >= 11 is 1.79. The first-order valence-electron chi connectivity index (χ1n) is 5.12. The summed E-state index contributed by atoms with van der Waals surface area (Å²) in [5, 5.41) is 6.75. The quantitative estimate of drug-likeness (QED) is 0.814. The van der Waals surface area contributed by atoms with Crippen LogP contribution < -0.4 is 10.6 Å². The zero-order valence-corrected chi connectivity index (χ0v) is 9.68. The smallest absolute Gasteiger partial charge is 0.125 e. The Morgan fingerprint density at radius 2 is 2.13 bits per heavy atom. The van der Waals surface area contributed by atoms with E-state index >= 15 is 0 Å². The van der Waals surface area contributed by atoms with Crippen molar-refractivity contribution in [3.63, 3.8) is 0 Å². The van der Waals surface area contributed by atoms with Crippen molar-refractivity contribution in [2.75, 3.05) is 12.8 Å². The summed E-state index contributed by atoms with van der Waals surface area (Å²) in [5.41, 5.74) is 3.14. The molecule has 1 heterocycles. The van der Waals surface area contributed by atoms with Crippen LogP contribution in [0.15, 0.2) is 42.1 Å². The van der Waals surface area contributed by atoms with Gasteiger partial charge in [-0.1, -0.05) is 30.3 Å². The van der Waals surface area contributed by atoms with Crippen LogP contribution in [0.5, 0.6) is 0 Å². The minimum Gasteiger partial charge on any atom is -0.367 e. The molecule has 0 aliphatic carbocycles. The molecule has 0 amide bonds. The van der Waals surface area contributed by atoms with E-state index in [-0.39, 0.29) is 0 Å². The average Bonchev–Trinajstić information content (AvgIpc) is 2.31. The maximum absolute atomic E-state index is 3.42. The van der Waals surface area contributed by atoms with Crippen LogP contribution in [0.3, 0.4) is 0 Å². The van der Waals surface area contributed by atoms with Gasteiger partial charge >= 0.3 is 0 Å². The predicted molar refractivity (Wildman–Crippen MR) is 66.7 cm³/mol. The van der Waals surface area contributed by atoms with Crippen LogP contribution in [-0.2, 0) is 6.42 Å². The van der Waals surface area contributed by atoms with Gasteiger partial charge in [0.05, 0.1) is 0 Å². The summed E-state index contributed by atoms with van der Waals surface area (Å²) in [6.45, 7) is 0.980. The van der Waals surface area contributed by atoms with Gasteiger partial charge in [-0.05, 0) is 30.0 Å². The third kappa shape index (κ3) is 3.01. The molecule has 80 valence electrons. The van der Waals surface area contributed by atoms with Gasteiger partial charge in [-0.3, -0.25) is 5.32 Å². The van der Waals surface area contributed by atoms with Crippen molar-refractivity contribution in [1.29, 1.82) is 0 Å². The van der Waals surface area contributed by atoms with Crippen LogP contribution in [0.4, 0.5) is 0 Å². The van der Waals surface area contributed by atoms with E-state index in [0.717, 1.165) is 13.0 Å². The zero-order chi connectivity index (χ0) is 10.5. The summed E-state index contributed by atoms with van der Waals surface area (Å²) in [7, 11) is 0. The van der Waals surface area contributed by atoms with Crippen LogP contribution in [0, 0.1) is 0 Å². The molecule has 0 saturated heterocycles. The fraction of sp³-hybridized carbons (Fsp3) is 0.333. The Balaban J connectivity index is 1.94. The molecular weight excluding hydrogens is 204 g/mol. The van der Waals surface area contributed by atoms with E-state index in [1.165, 1.54) is 11.1 Å². The number of benzene rings is 1. The zero-order valence-electron chi connectivity index (χ0n) is 8.86. The number of nitrogens with one attached hydrogen (secondary N) is 2. The second-order valence-corrected chi connectivity index (χ2v) is 4.57. The summed E-state index contributed by atoms with van der Waals surface area (Å²) in [6.07, 6.45) is 5.27. The molecule has 0 aromatic heterocycles. The maximum Gasteiger partial charge on any atom is 0.125 e. The topological polar surface area (TPSA) is 24.1 Å². The first kappa shape index (κ1) is 10.6. The molecule has 1 aromatic rings. The van der Waals surface area contributed by atoms with Crippen LogP contribution in [-0.4, -0.2) is 18.3 Å². The third-order valence-electron chi connectivity index (χ3n) is 2.46. The highest BCUT2D eigenvalue weighted by molar-refractivity contribution is 7.99. The molecule has 1 aromatic carbocycles. The van der Waals surface area contributed by atoms with Gasteiger partial charge in [-0.15, -0.1) is 11.8 Å². The van der Waals surface area contributed by atoms with Gasteiger partial charge in [0.1, 0.15) is 5.50 Å². The standard InChI is InChI=1S/C12H16N2S/c1-15-12-13-8-11(9-14-12)7-10-5-3-2-4-6-10/h2-6,8,12-14H,7,9H2,1H3.